The summed E-state index contributed by atoms with van der Waals surface area (Å²) < 4.78 is 4.71. The van der Waals surface area contributed by atoms with E-state index >= 15 is 0 Å². The maximum absolute atomic E-state index is 12.9. The fourth-order valence-electron chi connectivity index (χ4n) is 2.67. The first-order valence-corrected chi connectivity index (χ1v) is 9.96. The second-order valence-corrected chi connectivity index (χ2v) is 7.42. The highest BCUT2D eigenvalue weighted by atomic mass is 32.2. The minimum absolute atomic E-state index is 0.209. The van der Waals surface area contributed by atoms with Gasteiger partial charge in [-0.3, -0.25) is 4.79 Å². The SMILES string of the molecule is COC(=O)c1cc(CSc2ncccc2C(=O)Nc2cc(C)ccc2C)ccn1. The third-order valence-electron chi connectivity index (χ3n) is 4.25. The molecule has 0 bridgehead atoms. The highest BCUT2D eigenvalue weighted by molar-refractivity contribution is 7.98. The Labute approximate surface area is 173 Å². The van der Waals surface area contributed by atoms with Gasteiger partial charge in [0.2, 0.25) is 0 Å². The number of rotatable bonds is 6. The van der Waals surface area contributed by atoms with E-state index in [1.807, 2.05) is 38.1 Å². The molecule has 1 N–H and O–H groups in total. The van der Waals surface area contributed by atoms with E-state index in [1.165, 1.54) is 18.9 Å². The van der Waals surface area contributed by atoms with E-state index in [-0.39, 0.29) is 11.6 Å². The minimum Gasteiger partial charge on any atom is -0.464 e. The van der Waals surface area contributed by atoms with Crippen molar-refractivity contribution in [3.63, 3.8) is 0 Å². The van der Waals surface area contributed by atoms with E-state index in [4.69, 9.17) is 4.74 Å². The molecule has 1 amide bonds. The van der Waals surface area contributed by atoms with Gasteiger partial charge in [-0.1, -0.05) is 12.1 Å². The van der Waals surface area contributed by atoms with Crippen LogP contribution in [0.25, 0.3) is 0 Å². The Morgan fingerprint density at radius 1 is 1.07 bits per heavy atom. The van der Waals surface area contributed by atoms with E-state index in [9.17, 15) is 9.59 Å². The predicted molar refractivity (Wildman–Crippen MR) is 113 cm³/mol. The van der Waals surface area contributed by atoms with Crippen LogP contribution < -0.4 is 5.32 Å². The van der Waals surface area contributed by atoms with Crippen molar-refractivity contribution < 1.29 is 14.3 Å². The molecule has 29 heavy (non-hydrogen) atoms. The summed E-state index contributed by atoms with van der Waals surface area (Å²) in [5.41, 5.74) is 4.49. The van der Waals surface area contributed by atoms with Crippen LogP contribution in [0, 0.1) is 13.8 Å². The zero-order valence-corrected chi connectivity index (χ0v) is 17.2. The summed E-state index contributed by atoms with van der Waals surface area (Å²) in [5, 5.41) is 3.59. The van der Waals surface area contributed by atoms with Crippen molar-refractivity contribution in [3.05, 3.63) is 82.8 Å². The normalized spacial score (nSPS) is 10.4. The molecule has 3 rings (SSSR count). The summed E-state index contributed by atoms with van der Waals surface area (Å²) in [7, 11) is 1.32. The molecule has 0 aliphatic heterocycles. The topological polar surface area (TPSA) is 81.2 Å². The summed E-state index contributed by atoms with van der Waals surface area (Å²) >= 11 is 1.42. The molecule has 2 heterocycles. The van der Waals surface area contributed by atoms with Crippen LogP contribution in [0.1, 0.15) is 37.5 Å². The number of hydrogen-bond donors (Lipinski definition) is 1. The molecule has 0 spiro atoms. The number of carbonyl (C=O) groups excluding carboxylic acids is 2. The molecule has 0 atom stereocenters. The average molecular weight is 407 g/mol. The van der Waals surface area contributed by atoms with Crippen LogP contribution in [0.15, 0.2) is 59.9 Å². The summed E-state index contributed by atoms with van der Waals surface area (Å²) in [6.45, 7) is 3.94. The van der Waals surface area contributed by atoms with Gasteiger partial charge in [-0.15, -0.1) is 11.8 Å². The van der Waals surface area contributed by atoms with Crippen molar-refractivity contribution in [2.45, 2.75) is 24.6 Å². The Morgan fingerprint density at radius 3 is 2.69 bits per heavy atom. The lowest BCUT2D eigenvalue weighted by Crippen LogP contribution is -2.14. The Hall–Kier alpha value is -3.19. The van der Waals surface area contributed by atoms with Crippen molar-refractivity contribution in [2.75, 3.05) is 12.4 Å². The first-order valence-electron chi connectivity index (χ1n) is 8.97. The van der Waals surface area contributed by atoms with E-state index in [2.05, 4.69) is 15.3 Å². The van der Waals surface area contributed by atoms with Gasteiger partial charge in [-0.2, -0.15) is 0 Å². The number of amides is 1. The van der Waals surface area contributed by atoms with Crippen molar-refractivity contribution in [2.24, 2.45) is 0 Å². The maximum Gasteiger partial charge on any atom is 0.356 e. The van der Waals surface area contributed by atoms with Crippen LogP contribution in [0.3, 0.4) is 0 Å². The lowest BCUT2D eigenvalue weighted by Gasteiger charge is -2.12. The number of carbonyl (C=O) groups is 2. The molecule has 0 unspecified atom stereocenters. The second-order valence-electron chi connectivity index (χ2n) is 6.46. The van der Waals surface area contributed by atoms with E-state index in [1.54, 1.807) is 30.6 Å². The van der Waals surface area contributed by atoms with Gasteiger partial charge < -0.3 is 10.1 Å². The van der Waals surface area contributed by atoms with Gasteiger partial charge in [-0.05, 0) is 60.9 Å². The van der Waals surface area contributed by atoms with Crippen molar-refractivity contribution in [1.29, 1.82) is 0 Å². The molecule has 0 radical (unpaired) electrons. The molecular formula is C22H21N3O3S. The number of nitrogens with zero attached hydrogens (tertiary/aromatic N) is 2. The van der Waals surface area contributed by atoms with E-state index < -0.39 is 5.97 Å². The number of aromatic nitrogens is 2. The fraction of sp³-hybridized carbons (Fsp3) is 0.182. The largest absolute Gasteiger partial charge is 0.464 e. The standard InChI is InChI=1S/C22H21N3O3S/c1-14-6-7-15(2)18(11-14)25-20(26)17-5-4-9-24-21(17)29-13-16-8-10-23-19(12-16)22(27)28-3/h4-12H,13H2,1-3H3,(H,25,26). The maximum atomic E-state index is 12.9. The van der Waals surface area contributed by atoms with Gasteiger partial charge in [0.05, 0.1) is 12.7 Å². The number of anilines is 1. The zero-order chi connectivity index (χ0) is 20.8. The Bertz CT molecular complexity index is 1050. The molecule has 1 aromatic carbocycles. The quantitative estimate of drug-likeness (QED) is 0.481. The van der Waals surface area contributed by atoms with Crippen LogP contribution in [0.5, 0.6) is 0 Å². The van der Waals surface area contributed by atoms with Gasteiger partial charge >= 0.3 is 5.97 Å². The Balaban J connectivity index is 1.76. The van der Waals surface area contributed by atoms with E-state index in [0.29, 0.717) is 16.3 Å². The molecule has 2 aromatic heterocycles. The molecule has 148 valence electrons. The third-order valence-corrected chi connectivity index (χ3v) is 5.33. The monoisotopic (exact) mass is 407 g/mol. The van der Waals surface area contributed by atoms with Crippen LogP contribution in [0.4, 0.5) is 5.69 Å². The van der Waals surface area contributed by atoms with Gasteiger partial charge in [0.1, 0.15) is 10.7 Å². The number of benzene rings is 1. The number of hydrogen-bond acceptors (Lipinski definition) is 6. The van der Waals surface area contributed by atoms with Gasteiger partial charge in [0.25, 0.3) is 5.91 Å². The number of methoxy groups -OCH3 is 1. The Kier molecular flexibility index (Phi) is 6.61. The first kappa shape index (κ1) is 20.5. The van der Waals surface area contributed by atoms with Crippen molar-refractivity contribution >= 4 is 29.3 Å². The van der Waals surface area contributed by atoms with Crippen molar-refractivity contribution in [3.8, 4) is 0 Å². The number of nitrogens with one attached hydrogen (secondary N) is 1. The van der Waals surface area contributed by atoms with Gasteiger partial charge in [0.15, 0.2) is 0 Å². The molecule has 6 nitrogen and oxygen atoms in total. The Morgan fingerprint density at radius 2 is 1.90 bits per heavy atom. The summed E-state index contributed by atoms with van der Waals surface area (Å²) in [4.78, 5) is 32.9. The fourth-order valence-corrected chi connectivity index (χ4v) is 3.61. The van der Waals surface area contributed by atoms with Crippen LogP contribution >= 0.6 is 11.8 Å². The molecule has 0 saturated heterocycles. The van der Waals surface area contributed by atoms with Crippen molar-refractivity contribution in [1.82, 2.24) is 9.97 Å². The molecular weight excluding hydrogens is 386 g/mol. The van der Waals surface area contributed by atoms with Gasteiger partial charge in [0, 0.05) is 23.8 Å². The predicted octanol–water partition coefficient (Wildman–Crippen LogP) is 4.42. The molecule has 0 aliphatic carbocycles. The lowest BCUT2D eigenvalue weighted by atomic mass is 10.1. The summed E-state index contributed by atoms with van der Waals surface area (Å²) in [6.07, 6.45) is 3.22. The number of pyridine rings is 2. The molecule has 7 heteroatoms. The molecule has 0 saturated carbocycles. The highest BCUT2D eigenvalue weighted by Crippen LogP contribution is 2.26. The average Bonchev–Trinajstić information content (AvgIpc) is 2.74. The third kappa shape index (κ3) is 5.20. The molecule has 0 aliphatic rings. The summed E-state index contributed by atoms with van der Waals surface area (Å²) in [6, 6.07) is 12.9. The number of thioether (sulfide) groups is 1. The summed E-state index contributed by atoms with van der Waals surface area (Å²) in [5.74, 6) is -0.157. The van der Waals surface area contributed by atoms with Gasteiger partial charge in [-0.25, -0.2) is 14.8 Å². The molecule has 0 fully saturated rings. The van der Waals surface area contributed by atoms with Crippen LogP contribution in [0.2, 0.25) is 0 Å². The van der Waals surface area contributed by atoms with Crippen LogP contribution in [-0.2, 0) is 10.5 Å². The number of esters is 1. The highest BCUT2D eigenvalue weighted by Gasteiger charge is 2.15. The van der Waals surface area contributed by atoms with Crippen LogP contribution in [-0.4, -0.2) is 29.0 Å². The van der Waals surface area contributed by atoms with E-state index in [0.717, 1.165) is 22.4 Å². The second kappa shape index (κ2) is 9.34. The smallest absolute Gasteiger partial charge is 0.356 e. The first-order chi connectivity index (χ1) is 14.0. The molecule has 3 aromatic rings. The zero-order valence-electron chi connectivity index (χ0n) is 16.4. The lowest BCUT2D eigenvalue weighted by molar-refractivity contribution is 0.0593. The number of ether oxygens (including phenoxy) is 1. The minimum atomic E-state index is -0.483. The number of aryl methyl sites for hydroxylation is 2.